The highest BCUT2D eigenvalue weighted by Gasteiger charge is 2.56. The van der Waals surface area contributed by atoms with Gasteiger partial charge >= 0.3 is 0 Å². The molecule has 2 nitrogen and oxygen atoms in total. The maximum atomic E-state index is 4.88. The summed E-state index contributed by atoms with van der Waals surface area (Å²) in [6.07, 6.45) is 9.18. The maximum Gasteiger partial charge on any atom is 0.0970 e. The summed E-state index contributed by atoms with van der Waals surface area (Å²) in [4.78, 5) is 9.64. The first-order valence-corrected chi connectivity index (χ1v) is 23.1. The number of benzene rings is 8. The van der Waals surface area contributed by atoms with Gasteiger partial charge in [0.05, 0.1) is 11.0 Å². The zero-order valence-corrected chi connectivity index (χ0v) is 35.9. The lowest BCUT2D eigenvalue weighted by Crippen LogP contribution is -2.49. The van der Waals surface area contributed by atoms with Gasteiger partial charge in [-0.25, -0.2) is 0 Å². The fraction of sp³-hybridized carbons (Fsp3) is 0.180. The van der Waals surface area contributed by atoms with Crippen molar-refractivity contribution in [1.82, 2.24) is 9.97 Å². The fourth-order valence-corrected chi connectivity index (χ4v) is 13.4. The van der Waals surface area contributed by atoms with Crippen LogP contribution in [0.4, 0.5) is 0 Å². The van der Waals surface area contributed by atoms with Crippen LogP contribution < -0.4 is 0 Å². The average molecular weight is 809 g/mol. The van der Waals surface area contributed by atoms with Gasteiger partial charge in [0.2, 0.25) is 0 Å². The van der Waals surface area contributed by atoms with E-state index in [4.69, 9.17) is 9.97 Å². The molecular weight excluding hydrogens is 761 g/mol. The normalized spacial score (nSPS) is 21.3. The van der Waals surface area contributed by atoms with Crippen molar-refractivity contribution >= 4 is 43.4 Å². The molecule has 2 aromatic heterocycles. The molecule has 3 aliphatic rings. The Kier molecular flexibility index (Phi) is 8.20. The van der Waals surface area contributed by atoms with Gasteiger partial charge in [0, 0.05) is 28.6 Å². The summed E-state index contributed by atoms with van der Waals surface area (Å²) in [6.45, 7) is 5.07. The third-order valence-electron chi connectivity index (χ3n) is 15.6. The second-order valence-corrected chi connectivity index (χ2v) is 19.1. The summed E-state index contributed by atoms with van der Waals surface area (Å²) < 4.78 is 0. The molecule has 5 atom stereocenters. The van der Waals surface area contributed by atoms with Crippen LogP contribution >= 0.6 is 0 Å². The number of rotatable bonds is 4. The largest absolute Gasteiger partial charge is 0.254 e. The molecule has 0 radical (unpaired) electrons. The molecule has 1 spiro atoms. The van der Waals surface area contributed by atoms with Gasteiger partial charge < -0.3 is 0 Å². The number of aromatic nitrogens is 2. The van der Waals surface area contributed by atoms with Gasteiger partial charge in [0.15, 0.2) is 0 Å². The topological polar surface area (TPSA) is 25.8 Å². The van der Waals surface area contributed by atoms with Gasteiger partial charge in [0.1, 0.15) is 0 Å². The second kappa shape index (κ2) is 14.1. The van der Waals surface area contributed by atoms with Crippen molar-refractivity contribution in [3.8, 4) is 55.6 Å². The molecule has 2 bridgehead atoms. The first-order valence-electron chi connectivity index (χ1n) is 23.1. The zero-order chi connectivity index (χ0) is 41.8. The van der Waals surface area contributed by atoms with Crippen LogP contribution in [0.25, 0.3) is 99.0 Å². The molecule has 2 saturated carbocycles. The molecule has 8 aromatic carbocycles. The molecular formula is C61H48N2. The van der Waals surface area contributed by atoms with E-state index in [1.807, 2.05) is 24.5 Å². The predicted octanol–water partition coefficient (Wildman–Crippen LogP) is 16.1. The van der Waals surface area contributed by atoms with Crippen molar-refractivity contribution < 1.29 is 0 Å². The van der Waals surface area contributed by atoms with E-state index in [1.165, 1.54) is 103 Å². The van der Waals surface area contributed by atoms with Crippen molar-refractivity contribution in [3.63, 3.8) is 0 Å². The van der Waals surface area contributed by atoms with Crippen LogP contribution in [-0.2, 0) is 5.41 Å². The second-order valence-electron chi connectivity index (χ2n) is 19.1. The molecule has 0 aliphatic heterocycles. The minimum atomic E-state index is 0.0952. The minimum absolute atomic E-state index is 0.0952. The van der Waals surface area contributed by atoms with E-state index >= 15 is 0 Å². The van der Waals surface area contributed by atoms with Gasteiger partial charge in [-0.3, -0.25) is 9.97 Å². The fourth-order valence-electron chi connectivity index (χ4n) is 13.4. The molecule has 13 rings (SSSR count). The van der Waals surface area contributed by atoms with Crippen molar-refractivity contribution in [3.05, 3.63) is 193 Å². The first kappa shape index (κ1) is 36.7. The van der Waals surface area contributed by atoms with Gasteiger partial charge in [0.25, 0.3) is 0 Å². The highest BCUT2D eigenvalue weighted by Crippen LogP contribution is 2.65. The van der Waals surface area contributed by atoms with Crippen LogP contribution in [0.15, 0.2) is 182 Å². The summed E-state index contributed by atoms with van der Waals surface area (Å²) in [7, 11) is 0. The lowest BCUT2D eigenvalue weighted by atomic mass is 9.49. The summed E-state index contributed by atoms with van der Waals surface area (Å²) in [5, 5.41) is 7.15. The SMILES string of the molecule is CC1CC2CC(C)C3(c4ccccc4-c4c(-c5ccc(-c6cccc(-c7c8ccccc8c(-c8cc9cccnc9c9ncccc89)c8ccccc78)c6)cc5)cccc43)C(C1)C2. The van der Waals surface area contributed by atoms with Crippen LogP contribution in [-0.4, -0.2) is 9.97 Å². The number of nitrogens with zero attached hydrogens (tertiary/aromatic N) is 2. The van der Waals surface area contributed by atoms with E-state index in [0.29, 0.717) is 11.8 Å². The smallest absolute Gasteiger partial charge is 0.0970 e. The monoisotopic (exact) mass is 808 g/mol. The van der Waals surface area contributed by atoms with Gasteiger partial charge in [-0.05, 0) is 162 Å². The molecule has 5 unspecified atom stereocenters. The van der Waals surface area contributed by atoms with Gasteiger partial charge in [-0.2, -0.15) is 0 Å². The maximum absolute atomic E-state index is 4.88. The summed E-state index contributed by atoms with van der Waals surface area (Å²) >= 11 is 0. The molecule has 302 valence electrons. The number of fused-ring (bicyclic) bond motifs is 13. The van der Waals surface area contributed by atoms with Crippen molar-refractivity contribution in [2.75, 3.05) is 0 Å². The molecule has 10 aromatic rings. The number of hydrogen-bond acceptors (Lipinski definition) is 2. The molecule has 0 saturated heterocycles. The molecule has 2 heterocycles. The third kappa shape index (κ3) is 5.37. The Morgan fingerprint density at radius 2 is 1.03 bits per heavy atom. The number of hydrogen-bond donors (Lipinski definition) is 0. The van der Waals surface area contributed by atoms with E-state index in [9.17, 15) is 0 Å². The zero-order valence-electron chi connectivity index (χ0n) is 35.9. The van der Waals surface area contributed by atoms with Crippen LogP contribution in [0.3, 0.4) is 0 Å². The summed E-state index contributed by atoms with van der Waals surface area (Å²) in [6, 6.07) is 63.9. The average Bonchev–Trinajstić information content (AvgIpc) is 3.64. The van der Waals surface area contributed by atoms with Gasteiger partial charge in [-0.15, -0.1) is 0 Å². The first-order chi connectivity index (χ1) is 31.1. The molecule has 2 heteroatoms. The Labute approximate surface area is 369 Å². The van der Waals surface area contributed by atoms with E-state index in [1.54, 1.807) is 11.1 Å². The van der Waals surface area contributed by atoms with E-state index in [-0.39, 0.29) is 5.41 Å². The van der Waals surface area contributed by atoms with Crippen LogP contribution in [0.1, 0.15) is 50.7 Å². The minimum Gasteiger partial charge on any atom is -0.254 e. The highest BCUT2D eigenvalue weighted by atomic mass is 14.7. The van der Waals surface area contributed by atoms with Crippen LogP contribution in [0.5, 0.6) is 0 Å². The Morgan fingerprint density at radius 1 is 0.413 bits per heavy atom. The Hall–Kier alpha value is -6.90. The Balaban J connectivity index is 0.929. The van der Waals surface area contributed by atoms with Crippen LogP contribution in [0, 0.1) is 23.7 Å². The number of pyridine rings is 2. The van der Waals surface area contributed by atoms with E-state index < -0.39 is 0 Å². The van der Waals surface area contributed by atoms with Gasteiger partial charge in [-0.1, -0.05) is 159 Å². The molecule has 2 fully saturated rings. The Bertz CT molecular complexity index is 3410. The van der Waals surface area contributed by atoms with E-state index in [2.05, 4.69) is 172 Å². The molecule has 0 N–H and O–H groups in total. The highest BCUT2D eigenvalue weighted by molar-refractivity contribution is 6.25. The van der Waals surface area contributed by atoms with Crippen molar-refractivity contribution in [1.29, 1.82) is 0 Å². The Morgan fingerprint density at radius 3 is 1.83 bits per heavy atom. The van der Waals surface area contributed by atoms with Crippen molar-refractivity contribution in [2.45, 2.75) is 44.9 Å². The molecule has 3 aliphatic carbocycles. The standard InChI is InChI=1S/C61H48N2/c1-37-31-39-33-38(2)61(45(32-37)34-39)54-23-8-7-20-52(54)58-46(21-10-24-55(58)61)41-27-25-40(26-28-41)42-13-9-14-43(35-42)56-47-16-3-5-18-49(47)57(50-19-6-4-17-48(50)56)53-36-44-15-11-29-62-59(44)60-51(53)22-12-30-63-60/h3-30,35-39,45H,31-34H2,1-2H3. The van der Waals surface area contributed by atoms with Crippen LogP contribution in [0.2, 0.25) is 0 Å². The lowest BCUT2D eigenvalue weighted by Gasteiger charge is -2.54. The van der Waals surface area contributed by atoms with E-state index in [0.717, 1.165) is 33.6 Å². The third-order valence-corrected chi connectivity index (χ3v) is 15.6. The lowest BCUT2D eigenvalue weighted by molar-refractivity contribution is 0.0426. The summed E-state index contributed by atoms with van der Waals surface area (Å²) in [5.41, 5.74) is 18.0. The molecule has 63 heavy (non-hydrogen) atoms. The van der Waals surface area contributed by atoms with Crippen molar-refractivity contribution in [2.24, 2.45) is 23.7 Å². The molecule has 0 amide bonds. The quantitative estimate of drug-likeness (QED) is 0.131. The predicted molar refractivity (Wildman–Crippen MR) is 264 cm³/mol. The summed E-state index contributed by atoms with van der Waals surface area (Å²) in [5.74, 6) is 2.99.